The molecule has 1 aromatic carbocycles. The Hall–Kier alpha value is -0.975. The monoisotopic (exact) mass is 274 g/mol. The molecule has 0 saturated heterocycles. The molecule has 18 heavy (non-hydrogen) atoms. The molecule has 0 heterocycles. The van der Waals surface area contributed by atoms with E-state index in [0.717, 1.165) is 25.7 Å². The first-order chi connectivity index (χ1) is 8.58. The van der Waals surface area contributed by atoms with Gasteiger partial charge in [-0.2, -0.15) is 4.39 Å². The average Bonchev–Trinajstić information content (AvgIpc) is 2.81. The third-order valence-corrected chi connectivity index (χ3v) is 3.13. The Balaban J connectivity index is 2.21. The number of hydrogen-bond acceptors (Lipinski definition) is 4. The van der Waals surface area contributed by atoms with Crippen molar-refractivity contribution in [3.63, 3.8) is 0 Å². The van der Waals surface area contributed by atoms with Gasteiger partial charge in [0.05, 0.1) is 11.1 Å². The summed E-state index contributed by atoms with van der Waals surface area (Å²) in [5.74, 6) is -1.22. The van der Waals surface area contributed by atoms with Crippen LogP contribution >= 0.6 is 11.6 Å². The molecule has 0 aromatic heterocycles. The van der Waals surface area contributed by atoms with Crippen molar-refractivity contribution < 1.29 is 23.8 Å². The van der Waals surface area contributed by atoms with E-state index in [-0.39, 0.29) is 22.6 Å². The number of hydrogen-bond donors (Lipinski definition) is 2. The zero-order chi connectivity index (χ0) is 13.1. The molecule has 7 heteroatoms. The molecule has 0 spiro atoms. The fraction of sp³-hybridized carbons (Fsp3) is 0.455. The minimum atomic E-state index is -2.08. The Morgan fingerprint density at radius 1 is 1.28 bits per heavy atom. The van der Waals surface area contributed by atoms with Crippen LogP contribution in [0.1, 0.15) is 25.7 Å². The molecule has 2 rings (SSSR count). The normalized spacial score (nSPS) is 15.8. The Kier molecular flexibility index (Phi) is 4.32. The van der Waals surface area contributed by atoms with Crippen LogP contribution in [0.4, 0.5) is 4.39 Å². The standard InChI is InChI=1S/C11H13BClFO4/c13-8-5-6-9(18-12(15)16)10(14)11(8)17-7-3-1-2-4-7/h5-7,15-16H,1-4H2. The molecule has 98 valence electrons. The Morgan fingerprint density at radius 3 is 2.56 bits per heavy atom. The van der Waals surface area contributed by atoms with Crippen LogP contribution < -0.4 is 9.39 Å². The molecule has 1 aliphatic carbocycles. The van der Waals surface area contributed by atoms with Crippen LogP contribution in [0, 0.1) is 5.82 Å². The molecular formula is C11H13BClFO4. The van der Waals surface area contributed by atoms with Crippen molar-refractivity contribution in [2.24, 2.45) is 0 Å². The van der Waals surface area contributed by atoms with Crippen LogP contribution in [0.2, 0.25) is 5.02 Å². The van der Waals surface area contributed by atoms with Gasteiger partial charge in [0, 0.05) is 0 Å². The summed E-state index contributed by atoms with van der Waals surface area (Å²) in [7, 11) is -2.08. The lowest BCUT2D eigenvalue weighted by Gasteiger charge is -2.16. The number of benzene rings is 1. The van der Waals surface area contributed by atoms with Gasteiger partial charge in [-0.15, -0.1) is 0 Å². The maximum absolute atomic E-state index is 14.0. The first kappa shape index (κ1) is 13.5. The summed E-state index contributed by atoms with van der Waals surface area (Å²) in [6.45, 7) is 0. The van der Waals surface area contributed by atoms with Gasteiger partial charge in [0.2, 0.25) is 5.82 Å². The Morgan fingerprint density at radius 2 is 1.94 bits per heavy atom. The lowest BCUT2D eigenvalue weighted by molar-refractivity contribution is 0.198. The van der Waals surface area contributed by atoms with E-state index in [1.807, 2.05) is 0 Å². The summed E-state index contributed by atoms with van der Waals surface area (Å²) < 4.78 is 24.0. The summed E-state index contributed by atoms with van der Waals surface area (Å²) in [6, 6.07) is 2.62. The van der Waals surface area contributed by atoms with Crippen LogP contribution in [0.3, 0.4) is 0 Å². The van der Waals surface area contributed by atoms with Crippen molar-refractivity contribution >= 4 is 18.9 Å². The van der Waals surface area contributed by atoms with E-state index in [9.17, 15) is 4.39 Å². The minimum absolute atomic E-state index is 0.0497. The van der Waals surface area contributed by atoms with Crippen LogP contribution in [0.25, 0.3) is 0 Å². The van der Waals surface area contributed by atoms with E-state index in [1.165, 1.54) is 12.1 Å². The molecule has 0 aliphatic heterocycles. The van der Waals surface area contributed by atoms with Gasteiger partial charge < -0.3 is 19.4 Å². The quantitative estimate of drug-likeness (QED) is 0.826. The number of rotatable bonds is 4. The summed E-state index contributed by atoms with van der Waals surface area (Å²) in [5.41, 5.74) is 0. The van der Waals surface area contributed by atoms with E-state index in [4.69, 9.17) is 26.4 Å². The summed E-state index contributed by atoms with van der Waals surface area (Å²) in [4.78, 5) is 0. The van der Waals surface area contributed by atoms with Gasteiger partial charge in [-0.25, -0.2) is 0 Å². The highest BCUT2D eigenvalue weighted by molar-refractivity contribution is 6.34. The van der Waals surface area contributed by atoms with Crippen molar-refractivity contribution in [3.05, 3.63) is 23.0 Å². The zero-order valence-corrected chi connectivity index (χ0v) is 10.4. The molecule has 1 aliphatic rings. The first-order valence-electron chi connectivity index (χ1n) is 5.75. The van der Waals surface area contributed by atoms with Crippen LogP contribution in [0.5, 0.6) is 11.5 Å². The molecule has 0 unspecified atom stereocenters. The van der Waals surface area contributed by atoms with E-state index in [2.05, 4.69) is 4.65 Å². The predicted molar refractivity (Wildman–Crippen MR) is 65.1 cm³/mol. The zero-order valence-electron chi connectivity index (χ0n) is 9.60. The predicted octanol–water partition coefficient (Wildman–Crippen LogP) is 2.15. The van der Waals surface area contributed by atoms with E-state index in [0.29, 0.717) is 0 Å². The first-order valence-corrected chi connectivity index (χ1v) is 6.13. The molecule has 1 saturated carbocycles. The molecule has 0 bridgehead atoms. The van der Waals surface area contributed by atoms with Crippen molar-refractivity contribution in [2.75, 3.05) is 0 Å². The van der Waals surface area contributed by atoms with Crippen molar-refractivity contribution in [1.29, 1.82) is 0 Å². The number of ether oxygens (including phenoxy) is 1. The maximum Gasteiger partial charge on any atom is 0.707 e. The van der Waals surface area contributed by atoms with Crippen LogP contribution in [-0.4, -0.2) is 23.5 Å². The van der Waals surface area contributed by atoms with Gasteiger partial charge in [0.15, 0.2) is 5.75 Å². The highest BCUT2D eigenvalue weighted by Crippen LogP contribution is 2.36. The number of halogens is 2. The topological polar surface area (TPSA) is 58.9 Å². The third kappa shape index (κ3) is 3.07. The van der Waals surface area contributed by atoms with Gasteiger partial charge >= 0.3 is 7.32 Å². The molecule has 0 amide bonds. The average molecular weight is 274 g/mol. The largest absolute Gasteiger partial charge is 0.707 e. The summed E-state index contributed by atoms with van der Waals surface area (Å²) >= 11 is 5.87. The molecule has 1 aromatic rings. The molecular weight excluding hydrogens is 261 g/mol. The minimum Gasteiger partial charge on any atom is -0.509 e. The van der Waals surface area contributed by atoms with Crippen molar-refractivity contribution in [3.8, 4) is 11.5 Å². The van der Waals surface area contributed by atoms with Crippen molar-refractivity contribution in [2.45, 2.75) is 31.8 Å². The SMILES string of the molecule is OB(O)Oc1ccc(Cl)c(OC2CCCC2)c1F. The summed E-state index contributed by atoms with van der Waals surface area (Å²) in [5, 5.41) is 17.5. The second kappa shape index (κ2) is 5.78. The second-order valence-corrected chi connectivity index (χ2v) is 4.56. The van der Waals surface area contributed by atoms with E-state index in [1.54, 1.807) is 0 Å². The fourth-order valence-electron chi connectivity index (χ4n) is 2.00. The summed E-state index contributed by atoms with van der Waals surface area (Å²) in [6.07, 6.45) is 3.78. The molecule has 2 N–H and O–H groups in total. The molecule has 0 atom stereocenters. The molecule has 1 fully saturated rings. The third-order valence-electron chi connectivity index (χ3n) is 2.83. The van der Waals surface area contributed by atoms with Gasteiger partial charge in [-0.05, 0) is 37.8 Å². The molecule has 4 nitrogen and oxygen atoms in total. The van der Waals surface area contributed by atoms with E-state index >= 15 is 0 Å². The second-order valence-electron chi connectivity index (χ2n) is 4.16. The lowest BCUT2D eigenvalue weighted by atomic mass is 10.2. The lowest BCUT2D eigenvalue weighted by Crippen LogP contribution is -2.21. The fourth-order valence-corrected chi connectivity index (χ4v) is 2.19. The Labute approximate surface area is 109 Å². The highest BCUT2D eigenvalue weighted by Gasteiger charge is 2.23. The van der Waals surface area contributed by atoms with Crippen molar-refractivity contribution in [1.82, 2.24) is 0 Å². The maximum atomic E-state index is 14.0. The van der Waals surface area contributed by atoms with Crippen LogP contribution in [0.15, 0.2) is 12.1 Å². The van der Waals surface area contributed by atoms with Gasteiger partial charge in [-0.3, -0.25) is 0 Å². The molecule has 0 radical (unpaired) electrons. The van der Waals surface area contributed by atoms with Gasteiger partial charge in [-0.1, -0.05) is 11.6 Å². The van der Waals surface area contributed by atoms with Gasteiger partial charge in [0.25, 0.3) is 0 Å². The smallest absolute Gasteiger partial charge is 0.509 e. The Bertz CT molecular complexity index is 424. The highest BCUT2D eigenvalue weighted by atomic mass is 35.5. The van der Waals surface area contributed by atoms with E-state index < -0.39 is 13.1 Å². The van der Waals surface area contributed by atoms with Crippen LogP contribution in [-0.2, 0) is 0 Å². The van der Waals surface area contributed by atoms with Gasteiger partial charge in [0.1, 0.15) is 5.75 Å².